The number of benzene rings is 4. The van der Waals surface area contributed by atoms with Crippen LogP contribution < -0.4 is 4.90 Å². The van der Waals surface area contributed by atoms with Gasteiger partial charge in [-0.2, -0.15) is 0 Å². The molecule has 1 aliphatic heterocycles. The maximum absolute atomic E-state index is 14.0. The van der Waals surface area contributed by atoms with E-state index in [1.54, 1.807) is 0 Å². The van der Waals surface area contributed by atoms with E-state index in [1.807, 2.05) is 103 Å². The minimum absolute atomic E-state index is 0.0381. The van der Waals surface area contributed by atoms with Crippen molar-refractivity contribution in [1.29, 1.82) is 0 Å². The topological polar surface area (TPSA) is 32.7 Å². The number of hydrogen-bond donors (Lipinski definition) is 0. The van der Waals surface area contributed by atoms with E-state index < -0.39 is 0 Å². The van der Waals surface area contributed by atoms with Crippen LogP contribution in [0.2, 0.25) is 5.02 Å². The summed E-state index contributed by atoms with van der Waals surface area (Å²) in [7, 11) is 0. The molecule has 162 valence electrons. The number of carbonyl (C=O) groups is 1. The Bertz CT molecular complexity index is 1310. The van der Waals surface area contributed by atoms with E-state index in [2.05, 4.69) is 12.1 Å². The average Bonchev–Trinajstić information content (AvgIpc) is 3.02. The molecule has 4 aromatic carbocycles. The molecule has 3 nitrogen and oxygen atoms in total. The van der Waals surface area contributed by atoms with Crippen LogP contribution in [0, 0.1) is 6.92 Å². The van der Waals surface area contributed by atoms with Crippen molar-refractivity contribution in [3.8, 4) is 0 Å². The van der Waals surface area contributed by atoms with Crippen molar-refractivity contribution in [1.82, 2.24) is 0 Å². The van der Waals surface area contributed by atoms with E-state index in [9.17, 15) is 4.79 Å². The molecule has 5 rings (SSSR count). The zero-order valence-electron chi connectivity index (χ0n) is 18.3. The molecule has 0 bridgehead atoms. The second-order valence-electron chi connectivity index (χ2n) is 8.23. The van der Waals surface area contributed by atoms with Gasteiger partial charge in [0.05, 0.1) is 23.1 Å². The lowest BCUT2D eigenvalue weighted by atomic mass is 9.95. The molecule has 0 spiro atoms. The molecule has 1 aliphatic rings. The highest BCUT2D eigenvalue weighted by molar-refractivity contribution is 6.30. The van der Waals surface area contributed by atoms with Crippen LogP contribution in [0.4, 0.5) is 11.4 Å². The van der Waals surface area contributed by atoms with Gasteiger partial charge in [0.2, 0.25) is 0 Å². The van der Waals surface area contributed by atoms with Crippen molar-refractivity contribution in [3.63, 3.8) is 0 Å². The first-order chi connectivity index (χ1) is 16.1. The molecule has 0 aromatic heterocycles. The first-order valence-corrected chi connectivity index (χ1v) is 11.4. The molecule has 1 amide bonds. The summed E-state index contributed by atoms with van der Waals surface area (Å²) in [5.74, 6) is -0.0381. The van der Waals surface area contributed by atoms with Gasteiger partial charge in [-0.25, -0.2) is 0 Å². The molecule has 4 heteroatoms. The first-order valence-electron chi connectivity index (χ1n) is 11.0. The largest absolute Gasteiger partial charge is 0.298 e. The van der Waals surface area contributed by atoms with Crippen LogP contribution in [0.15, 0.2) is 108 Å². The fraction of sp³-hybridized carbons (Fsp3) is 0.103. The first kappa shape index (κ1) is 21.2. The third kappa shape index (κ3) is 4.33. The van der Waals surface area contributed by atoms with Crippen LogP contribution in [0.3, 0.4) is 0 Å². The number of para-hydroxylation sites is 2. The number of aliphatic imine (C=N–C) groups is 1. The van der Waals surface area contributed by atoms with E-state index in [4.69, 9.17) is 16.6 Å². The van der Waals surface area contributed by atoms with Crippen LogP contribution in [-0.2, 0) is 0 Å². The molecule has 1 atom stereocenters. The van der Waals surface area contributed by atoms with Gasteiger partial charge in [-0.05, 0) is 54.4 Å². The Labute approximate surface area is 199 Å². The van der Waals surface area contributed by atoms with Crippen LogP contribution in [0.1, 0.15) is 39.5 Å². The Morgan fingerprint density at radius 3 is 2.24 bits per heavy atom. The van der Waals surface area contributed by atoms with E-state index in [1.165, 1.54) is 0 Å². The van der Waals surface area contributed by atoms with Crippen LogP contribution in [0.5, 0.6) is 0 Å². The van der Waals surface area contributed by atoms with Gasteiger partial charge in [-0.1, -0.05) is 83.9 Å². The molecule has 0 saturated heterocycles. The maximum atomic E-state index is 14.0. The lowest BCUT2D eigenvalue weighted by Gasteiger charge is -2.32. The van der Waals surface area contributed by atoms with Crippen LogP contribution >= 0.6 is 11.6 Å². The summed E-state index contributed by atoms with van der Waals surface area (Å²) in [6.07, 6.45) is 0.581. The van der Waals surface area contributed by atoms with Gasteiger partial charge in [0.1, 0.15) is 0 Å². The zero-order chi connectivity index (χ0) is 22.8. The zero-order valence-corrected chi connectivity index (χ0v) is 19.0. The number of nitrogens with zero attached hydrogens (tertiary/aromatic N) is 2. The van der Waals surface area contributed by atoms with Gasteiger partial charge in [0.25, 0.3) is 5.91 Å². The number of carbonyl (C=O) groups excluding carboxylic acids is 1. The fourth-order valence-corrected chi connectivity index (χ4v) is 4.37. The molecular weight excluding hydrogens is 428 g/mol. The van der Waals surface area contributed by atoms with E-state index in [-0.39, 0.29) is 11.9 Å². The average molecular weight is 451 g/mol. The smallest absolute Gasteiger partial charge is 0.258 e. The van der Waals surface area contributed by atoms with Gasteiger partial charge in [0, 0.05) is 17.0 Å². The van der Waals surface area contributed by atoms with E-state index in [0.717, 1.165) is 33.8 Å². The van der Waals surface area contributed by atoms with Crippen molar-refractivity contribution in [3.05, 3.63) is 130 Å². The fourth-order valence-electron chi connectivity index (χ4n) is 4.25. The van der Waals surface area contributed by atoms with Gasteiger partial charge in [0.15, 0.2) is 0 Å². The van der Waals surface area contributed by atoms with Crippen molar-refractivity contribution in [2.75, 3.05) is 4.90 Å². The minimum atomic E-state index is -0.210. The molecule has 33 heavy (non-hydrogen) atoms. The molecular formula is C29H23ClN2O. The lowest BCUT2D eigenvalue weighted by Crippen LogP contribution is -2.35. The summed E-state index contributed by atoms with van der Waals surface area (Å²) in [5, 5.41) is 0.684. The normalized spacial score (nSPS) is 15.4. The molecule has 0 aliphatic carbocycles. The minimum Gasteiger partial charge on any atom is -0.298 e. The van der Waals surface area contributed by atoms with Gasteiger partial charge < -0.3 is 0 Å². The summed E-state index contributed by atoms with van der Waals surface area (Å²) >= 11 is 6.14. The Hall–Kier alpha value is -3.69. The molecule has 0 saturated carbocycles. The predicted octanol–water partition coefficient (Wildman–Crippen LogP) is 7.56. The molecule has 1 unspecified atom stereocenters. The Morgan fingerprint density at radius 1 is 0.848 bits per heavy atom. The van der Waals surface area contributed by atoms with Crippen molar-refractivity contribution in [2.45, 2.75) is 19.4 Å². The summed E-state index contributed by atoms with van der Waals surface area (Å²) in [4.78, 5) is 20.9. The Balaban J connectivity index is 1.68. The van der Waals surface area contributed by atoms with Gasteiger partial charge in [-0.3, -0.25) is 14.7 Å². The van der Waals surface area contributed by atoms with Crippen molar-refractivity contribution < 1.29 is 4.79 Å². The third-order valence-electron chi connectivity index (χ3n) is 5.97. The second kappa shape index (κ2) is 9.05. The number of hydrogen-bond acceptors (Lipinski definition) is 2. The Morgan fingerprint density at radius 2 is 1.52 bits per heavy atom. The predicted molar refractivity (Wildman–Crippen MR) is 136 cm³/mol. The maximum Gasteiger partial charge on any atom is 0.258 e. The van der Waals surface area contributed by atoms with Crippen molar-refractivity contribution in [2.24, 2.45) is 4.99 Å². The summed E-state index contributed by atoms with van der Waals surface area (Å²) in [5.41, 5.74) is 6.35. The number of aryl methyl sites for hydroxylation is 1. The summed E-state index contributed by atoms with van der Waals surface area (Å²) in [6.45, 7) is 2.02. The summed E-state index contributed by atoms with van der Waals surface area (Å²) < 4.78 is 0. The number of amides is 1. The highest BCUT2D eigenvalue weighted by Gasteiger charge is 2.33. The highest BCUT2D eigenvalue weighted by Crippen LogP contribution is 2.41. The molecule has 0 radical (unpaired) electrons. The van der Waals surface area contributed by atoms with Crippen LogP contribution in [0.25, 0.3) is 0 Å². The molecule has 0 fully saturated rings. The van der Waals surface area contributed by atoms with Gasteiger partial charge >= 0.3 is 0 Å². The second-order valence-corrected chi connectivity index (χ2v) is 8.66. The van der Waals surface area contributed by atoms with Crippen LogP contribution in [-0.4, -0.2) is 11.6 Å². The molecule has 0 N–H and O–H groups in total. The standard InChI is InChI=1S/C29H23ClN2O/c1-20-11-13-23(14-12-20)29(33)32-27-10-6-5-9-25(27)31-26(21-15-17-24(30)18-16-21)19-28(32)22-7-3-2-4-8-22/h2-18,28H,19H2,1H3. The summed E-state index contributed by atoms with van der Waals surface area (Å²) in [6, 6.07) is 33.3. The monoisotopic (exact) mass is 450 g/mol. The highest BCUT2D eigenvalue weighted by atomic mass is 35.5. The SMILES string of the molecule is Cc1ccc(C(=O)N2c3ccccc3N=C(c3ccc(Cl)cc3)CC2c2ccccc2)cc1. The lowest BCUT2D eigenvalue weighted by molar-refractivity contribution is 0.0977. The molecule has 1 heterocycles. The number of fused-ring (bicyclic) bond motifs is 1. The number of halogens is 1. The molecule has 4 aromatic rings. The van der Waals surface area contributed by atoms with Gasteiger partial charge in [-0.15, -0.1) is 0 Å². The Kier molecular flexibility index (Phi) is 5.80. The quantitative estimate of drug-likeness (QED) is 0.317. The number of rotatable bonds is 3. The number of anilines is 1. The third-order valence-corrected chi connectivity index (χ3v) is 6.23. The van der Waals surface area contributed by atoms with E-state index >= 15 is 0 Å². The van der Waals surface area contributed by atoms with Crippen molar-refractivity contribution >= 4 is 34.6 Å². The van der Waals surface area contributed by atoms with E-state index in [0.29, 0.717) is 17.0 Å².